The highest BCUT2D eigenvalue weighted by molar-refractivity contribution is 5.97. The molecule has 2 amide bonds. The third-order valence-corrected chi connectivity index (χ3v) is 5.81. The van der Waals surface area contributed by atoms with E-state index in [1.165, 1.54) is 6.07 Å². The van der Waals surface area contributed by atoms with Gasteiger partial charge in [0.25, 0.3) is 0 Å². The number of rotatable bonds is 3. The average molecular weight is 392 g/mol. The third-order valence-electron chi connectivity index (χ3n) is 5.81. The molecule has 2 aliphatic heterocycles. The van der Waals surface area contributed by atoms with E-state index in [4.69, 9.17) is 0 Å². The van der Waals surface area contributed by atoms with Crippen molar-refractivity contribution < 1.29 is 14.0 Å². The smallest absolute Gasteiger partial charge is 0.246 e. The molecule has 0 bridgehead atoms. The van der Waals surface area contributed by atoms with Crippen molar-refractivity contribution in [3.05, 3.63) is 71.6 Å². The van der Waals surface area contributed by atoms with E-state index in [1.807, 2.05) is 42.5 Å². The summed E-state index contributed by atoms with van der Waals surface area (Å²) in [5.41, 5.74) is 2.34. The number of halogens is 1. The number of hydrogen-bond acceptors (Lipinski definition) is 2. The number of fused-ring (bicyclic) bond motifs is 1. The minimum absolute atomic E-state index is 0.0111. The molecule has 4 nitrogen and oxygen atoms in total. The summed E-state index contributed by atoms with van der Waals surface area (Å²) in [6, 6.07) is 14.7. The highest BCUT2D eigenvalue weighted by atomic mass is 19.1. The molecule has 0 radical (unpaired) electrons. The maximum atomic E-state index is 14.4. The molecule has 1 saturated heterocycles. The van der Waals surface area contributed by atoms with Crippen LogP contribution >= 0.6 is 0 Å². The number of piperidine rings is 1. The molecule has 0 N–H and O–H groups in total. The van der Waals surface area contributed by atoms with E-state index in [1.54, 1.807) is 21.9 Å². The number of benzene rings is 2. The Bertz CT molecular complexity index is 918. The second-order valence-corrected chi connectivity index (χ2v) is 7.68. The van der Waals surface area contributed by atoms with E-state index >= 15 is 0 Å². The summed E-state index contributed by atoms with van der Waals surface area (Å²) in [5, 5.41) is 0. The number of para-hydroxylation sites is 1. The average Bonchev–Trinajstić information content (AvgIpc) is 2.77. The summed E-state index contributed by atoms with van der Waals surface area (Å²) < 4.78 is 14.4. The molecule has 2 aromatic rings. The standard InChI is InChI=1S/C24H25FN2O2/c25-21-10-4-8-19-9-5-15-27(23(19)21)24(29)20-13-16-26(17-14-20)22(28)12-11-18-6-2-1-3-7-18/h1-4,6-8,10-12,20H,5,9,13-17H2/b12-11+. The first-order valence-electron chi connectivity index (χ1n) is 10.2. The molecule has 0 saturated carbocycles. The van der Waals surface area contributed by atoms with Crippen LogP contribution in [0.15, 0.2) is 54.6 Å². The predicted octanol–water partition coefficient (Wildman–Crippen LogP) is 4.06. The number of aryl methyl sites for hydroxylation is 1. The van der Waals surface area contributed by atoms with Gasteiger partial charge in [0, 0.05) is 31.6 Å². The van der Waals surface area contributed by atoms with Gasteiger partial charge in [-0.1, -0.05) is 42.5 Å². The zero-order valence-electron chi connectivity index (χ0n) is 16.4. The first-order valence-corrected chi connectivity index (χ1v) is 10.2. The molecule has 29 heavy (non-hydrogen) atoms. The van der Waals surface area contributed by atoms with Crippen molar-refractivity contribution >= 4 is 23.6 Å². The van der Waals surface area contributed by atoms with E-state index < -0.39 is 0 Å². The summed E-state index contributed by atoms with van der Waals surface area (Å²) in [6.45, 7) is 1.66. The highest BCUT2D eigenvalue weighted by Gasteiger charge is 2.33. The normalized spacial score (nSPS) is 17.4. The summed E-state index contributed by atoms with van der Waals surface area (Å²) in [5.74, 6) is -0.533. The maximum Gasteiger partial charge on any atom is 0.246 e. The lowest BCUT2D eigenvalue weighted by Crippen LogP contribution is -2.45. The van der Waals surface area contributed by atoms with Crippen LogP contribution in [0.1, 0.15) is 30.4 Å². The molecule has 1 fully saturated rings. The summed E-state index contributed by atoms with van der Waals surface area (Å²) in [6.07, 6.45) is 6.29. The topological polar surface area (TPSA) is 40.6 Å². The Balaban J connectivity index is 1.37. The quantitative estimate of drug-likeness (QED) is 0.739. The van der Waals surface area contributed by atoms with Crippen LogP contribution in [0, 0.1) is 11.7 Å². The van der Waals surface area contributed by atoms with Crippen molar-refractivity contribution in [2.45, 2.75) is 25.7 Å². The van der Waals surface area contributed by atoms with E-state index in [9.17, 15) is 14.0 Å². The summed E-state index contributed by atoms with van der Waals surface area (Å²) in [7, 11) is 0. The van der Waals surface area contributed by atoms with Crippen LogP contribution in [0.2, 0.25) is 0 Å². The summed E-state index contributed by atoms with van der Waals surface area (Å²) in [4.78, 5) is 29.0. The molecule has 2 aromatic carbocycles. The fourth-order valence-electron chi connectivity index (χ4n) is 4.23. The van der Waals surface area contributed by atoms with E-state index in [2.05, 4.69) is 0 Å². The molecule has 0 spiro atoms. The van der Waals surface area contributed by atoms with Gasteiger partial charge in [-0.15, -0.1) is 0 Å². The number of amides is 2. The molecule has 4 rings (SSSR count). The molecule has 0 aliphatic carbocycles. The number of nitrogens with zero attached hydrogens (tertiary/aromatic N) is 2. The molecule has 2 aliphatic rings. The molecule has 0 atom stereocenters. The van der Waals surface area contributed by atoms with Crippen LogP contribution in [0.3, 0.4) is 0 Å². The second kappa shape index (κ2) is 8.60. The zero-order chi connectivity index (χ0) is 20.2. The SMILES string of the molecule is O=C(/C=C/c1ccccc1)N1CCC(C(=O)N2CCCc3cccc(F)c32)CC1. The Morgan fingerprint density at radius 3 is 2.48 bits per heavy atom. The fourth-order valence-corrected chi connectivity index (χ4v) is 4.23. The third kappa shape index (κ3) is 4.24. The van der Waals surface area contributed by atoms with Crippen LogP contribution in [0.4, 0.5) is 10.1 Å². The monoisotopic (exact) mass is 392 g/mol. The van der Waals surface area contributed by atoms with E-state index in [0.29, 0.717) is 38.2 Å². The van der Waals surface area contributed by atoms with Crippen molar-refractivity contribution in [1.29, 1.82) is 0 Å². The minimum atomic E-state index is -0.325. The van der Waals surface area contributed by atoms with Crippen molar-refractivity contribution in [3.8, 4) is 0 Å². The van der Waals surface area contributed by atoms with Crippen LogP contribution in [-0.4, -0.2) is 36.3 Å². The molecular weight excluding hydrogens is 367 g/mol. The lowest BCUT2D eigenvalue weighted by atomic mass is 9.93. The van der Waals surface area contributed by atoms with Gasteiger partial charge in [-0.3, -0.25) is 9.59 Å². The largest absolute Gasteiger partial charge is 0.339 e. The summed E-state index contributed by atoms with van der Waals surface area (Å²) >= 11 is 0. The lowest BCUT2D eigenvalue weighted by molar-refractivity contribution is -0.131. The van der Waals surface area contributed by atoms with E-state index in [0.717, 1.165) is 24.0 Å². The Labute approximate surface area is 170 Å². The van der Waals surface area contributed by atoms with Gasteiger partial charge in [-0.05, 0) is 49.0 Å². The van der Waals surface area contributed by atoms with Crippen molar-refractivity contribution in [2.75, 3.05) is 24.5 Å². The van der Waals surface area contributed by atoms with Gasteiger partial charge in [-0.2, -0.15) is 0 Å². The second-order valence-electron chi connectivity index (χ2n) is 7.68. The molecule has 5 heteroatoms. The Morgan fingerprint density at radius 2 is 1.72 bits per heavy atom. The molecule has 150 valence electrons. The highest BCUT2D eigenvalue weighted by Crippen LogP contribution is 2.32. The van der Waals surface area contributed by atoms with Gasteiger partial charge in [-0.25, -0.2) is 4.39 Å². The van der Waals surface area contributed by atoms with Gasteiger partial charge in [0.15, 0.2) is 0 Å². The van der Waals surface area contributed by atoms with Crippen LogP contribution in [0.25, 0.3) is 6.08 Å². The zero-order valence-corrected chi connectivity index (χ0v) is 16.4. The van der Waals surface area contributed by atoms with Crippen LogP contribution < -0.4 is 4.90 Å². The first-order chi connectivity index (χ1) is 14.1. The van der Waals surface area contributed by atoms with Gasteiger partial charge in [0.1, 0.15) is 5.82 Å². The predicted molar refractivity (Wildman–Crippen MR) is 112 cm³/mol. The molecule has 0 aromatic heterocycles. The Hall–Kier alpha value is -2.95. The Morgan fingerprint density at radius 1 is 0.966 bits per heavy atom. The number of hydrogen-bond donors (Lipinski definition) is 0. The lowest BCUT2D eigenvalue weighted by Gasteiger charge is -2.36. The Kier molecular flexibility index (Phi) is 5.74. The van der Waals surface area contributed by atoms with Gasteiger partial charge in [0.2, 0.25) is 11.8 Å². The van der Waals surface area contributed by atoms with Gasteiger partial charge >= 0.3 is 0 Å². The van der Waals surface area contributed by atoms with Crippen molar-refractivity contribution in [1.82, 2.24) is 4.90 Å². The van der Waals surface area contributed by atoms with Crippen LogP contribution in [0.5, 0.6) is 0 Å². The first kappa shape index (κ1) is 19.4. The van der Waals surface area contributed by atoms with Crippen molar-refractivity contribution in [2.24, 2.45) is 5.92 Å². The molecular formula is C24H25FN2O2. The number of carbonyl (C=O) groups is 2. The number of likely N-dealkylation sites (tertiary alicyclic amines) is 1. The van der Waals surface area contributed by atoms with Crippen molar-refractivity contribution in [3.63, 3.8) is 0 Å². The van der Waals surface area contributed by atoms with E-state index in [-0.39, 0.29) is 23.5 Å². The number of carbonyl (C=O) groups excluding carboxylic acids is 2. The molecule has 2 heterocycles. The van der Waals surface area contributed by atoms with Gasteiger partial charge in [0.05, 0.1) is 5.69 Å². The van der Waals surface area contributed by atoms with Gasteiger partial charge < -0.3 is 9.80 Å². The molecule has 0 unspecified atom stereocenters. The minimum Gasteiger partial charge on any atom is -0.339 e. The maximum absolute atomic E-state index is 14.4. The number of anilines is 1. The van der Waals surface area contributed by atoms with Crippen LogP contribution in [-0.2, 0) is 16.0 Å². The fraction of sp³-hybridized carbons (Fsp3) is 0.333.